The van der Waals surface area contributed by atoms with E-state index in [4.69, 9.17) is 0 Å². The molecule has 1 aliphatic carbocycles. The number of aromatic nitrogens is 1. The molecule has 5 nitrogen and oxygen atoms in total. The van der Waals surface area contributed by atoms with Crippen LogP contribution in [0.2, 0.25) is 0 Å². The van der Waals surface area contributed by atoms with Crippen LogP contribution in [-0.2, 0) is 4.79 Å². The van der Waals surface area contributed by atoms with Gasteiger partial charge < -0.3 is 15.0 Å². The predicted octanol–water partition coefficient (Wildman–Crippen LogP) is 1.65. The summed E-state index contributed by atoms with van der Waals surface area (Å²) in [7, 11) is 0. The lowest BCUT2D eigenvalue weighted by molar-refractivity contribution is -0.142. The maximum absolute atomic E-state index is 12.5. The summed E-state index contributed by atoms with van der Waals surface area (Å²) in [5.74, 6) is -0.513. The van der Waals surface area contributed by atoms with Gasteiger partial charge in [0.2, 0.25) is 0 Å². The average molecular weight is 262 g/mol. The molecule has 0 spiro atoms. The largest absolute Gasteiger partial charge is 0.480 e. The van der Waals surface area contributed by atoms with Gasteiger partial charge in [0.05, 0.1) is 5.56 Å². The third-order valence-corrected chi connectivity index (χ3v) is 4.59. The van der Waals surface area contributed by atoms with Crippen LogP contribution in [-0.4, -0.2) is 39.5 Å². The van der Waals surface area contributed by atoms with Crippen molar-refractivity contribution in [3.63, 3.8) is 0 Å². The molecule has 0 radical (unpaired) electrons. The minimum atomic E-state index is -0.865. The first-order valence-electron chi connectivity index (χ1n) is 6.76. The number of carboxylic acids is 1. The number of hydrogen-bond acceptors (Lipinski definition) is 2. The van der Waals surface area contributed by atoms with Gasteiger partial charge in [-0.2, -0.15) is 0 Å². The summed E-state index contributed by atoms with van der Waals surface area (Å²) in [4.78, 5) is 28.5. The van der Waals surface area contributed by atoms with Gasteiger partial charge in [0, 0.05) is 18.9 Å². The number of carboxylic acid groups (broad SMARTS) is 1. The summed E-state index contributed by atoms with van der Waals surface area (Å²) in [6, 6.07) is -0.644. The van der Waals surface area contributed by atoms with Gasteiger partial charge in [0.15, 0.2) is 0 Å². The summed E-state index contributed by atoms with van der Waals surface area (Å²) >= 11 is 0. The van der Waals surface area contributed by atoms with Crippen molar-refractivity contribution in [1.29, 1.82) is 0 Å². The molecule has 3 unspecified atom stereocenters. The van der Waals surface area contributed by atoms with Gasteiger partial charge in [0.25, 0.3) is 5.91 Å². The summed E-state index contributed by atoms with van der Waals surface area (Å²) in [6.07, 6.45) is 6.48. The Morgan fingerprint density at radius 1 is 1.37 bits per heavy atom. The summed E-state index contributed by atoms with van der Waals surface area (Å²) in [6.45, 7) is 2.45. The number of amides is 1. The third kappa shape index (κ3) is 1.84. The molecule has 1 saturated carbocycles. The Bertz CT molecular complexity index is 523. The number of carbonyl (C=O) groups is 2. The van der Waals surface area contributed by atoms with Crippen molar-refractivity contribution in [2.24, 2.45) is 11.8 Å². The second kappa shape index (κ2) is 4.40. The van der Waals surface area contributed by atoms with Gasteiger partial charge in [-0.05, 0) is 37.2 Å². The number of fused-ring (bicyclic) bond motifs is 1. The average Bonchev–Trinajstić information content (AvgIpc) is 3.00. The fourth-order valence-corrected chi connectivity index (χ4v) is 3.66. The molecule has 102 valence electrons. The normalized spacial score (nSPS) is 29.5. The number of nitrogens with one attached hydrogen (secondary N) is 1. The number of nitrogens with zero attached hydrogens (tertiary/aromatic N) is 1. The van der Waals surface area contributed by atoms with Crippen LogP contribution in [0.1, 0.15) is 35.2 Å². The van der Waals surface area contributed by atoms with E-state index in [0.717, 1.165) is 24.8 Å². The van der Waals surface area contributed by atoms with Crippen molar-refractivity contribution < 1.29 is 14.7 Å². The van der Waals surface area contributed by atoms with E-state index in [9.17, 15) is 14.7 Å². The lowest BCUT2D eigenvalue weighted by Gasteiger charge is -2.24. The quantitative estimate of drug-likeness (QED) is 0.851. The molecule has 5 heteroatoms. The summed E-state index contributed by atoms with van der Waals surface area (Å²) in [5.41, 5.74) is 1.46. The maximum atomic E-state index is 12.5. The number of H-pyrrole nitrogens is 1. The Balaban J connectivity index is 1.90. The Kier molecular flexibility index (Phi) is 2.84. The van der Waals surface area contributed by atoms with Gasteiger partial charge in [-0.15, -0.1) is 0 Å². The van der Waals surface area contributed by atoms with E-state index in [2.05, 4.69) is 4.98 Å². The highest BCUT2D eigenvalue weighted by Gasteiger charge is 2.49. The van der Waals surface area contributed by atoms with E-state index in [1.165, 1.54) is 0 Å². The summed E-state index contributed by atoms with van der Waals surface area (Å²) in [5, 5.41) is 9.44. The van der Waals surface area contributed by atoms with Crippen LogP contribution >= 0.6 is 0 Å². The van der Waals surface area contributed by atoms with Gasteiger partial charge in [-0.1, -0.05) is 6.42 Å². The molecule has 2 N–H and O–H groups in total. The molecule has 1 saturated heterocycles. The smallest absolute Gasteiger partial charge is 0.326 e. The van der Waals surface area contributed by atoms with Gasteiger partial charge in [-0.3, -0.25) is 4.79 Å². The van der Waals surface area contributed by atoms with Crippen LogP contribution in [0.4, 0.5) is 0 Å². The van der Waals surface area contributed by atoms with Crippen molar-refractivity contribution in [3.8, 4) is 0 Å². The molecule has 2 fully saturated rings. The Morgan fingerprint density at radius 2 is 2.16 bits per heavy atom. The van der Waals surface area contributed by atoms with Gasteiger partial charge in [0.1, 0.15) is 6.04 Å². The topological polar surface area (TPSA) is 73.4 Å². The lowest BCUT2D eigenvalue weighted by Crippen LogP contribution is -2.43. The summed E-state index contributed by atoms with van der Waals surface area (Å²) < 4.78 is 0. The van der Waals surface area contributed by atoms with Crippen LogP contribution in [0.15, 0.2) is 12.4 Å². The zero-order valence-electron chi connectivity index (χ0n) is 10.9. The van der Waals surface area contributed by atoms with Crippen molar-refractivity contribution in [1.82, 2.24) is 9.88 Å². The molecule has 0 aromatic carbocycles. The molecule has 1 aromatic rings. The predicted molar refractivity (Wildman–Crippen MR) is 68.8 cm³/mol. The number of hydrogen-bond donors (Lipinski definition) is 2. The molecule has 2 aliphatic rings. The molecule has 3 atom stereocenters. The molecule has 2 heterocycles. The van der Waals surface area contributed by atoms with Crippen LogP contribution in [0.5, 0.6) is 0 Å². The molecule has 1 aliphatic heterocycles. The van der Waals surface area contributed by atoms with E-state index < -0.39 is 12.0 Å². The van der Waals surface area contributed by atoms with E-state index in [-0.39, 0.29) is 11.8 Å². The molecule has 0 bridgehead atoms. The van der Waals surface area contributed by atoms with Crippen LogP contribution in [0.3, 0.4) is 0 Å². The fourth-order valence-electron chi connectivity index (χ4n) is 3.66. The third-order valence-electron chi connectivity index (χ3n) is 4.59. The van der Waals surface area contributed by atoms with E-state index in [1.54, 1.807) is 17.3 Å². The maximum Gasteiger partial charge on any atom is 0.326 e. The number of likely N-dealkylation sites (tertiary alicyclic amines) is 1. The standard InChI is InChI=1S/C14H18N2O3/c1-8-5-15-6-11(8)13(17)16-7-9-3-2-4-10(9)12(16)14(18)19/h5-6,9-10,12,15H,2-4,7H2,1H3,(H,18,19). The molecule has 1 aromatic heterocycles. The first-order valence-corrected chi connectivity index (χ1v) is 6.76. The van der Waals surface area contributed by atoms with Crippen LogP contribution in [0.25, 0.3) is 0 Å². The zero-order chi connectivity index (χ0) is 13.6. The Labute approximate surface area is 111 Å². The number of aliphatic carboxylic acids is 1. The number of aryl methyl sites for hydroxylation is 1. The van der Waals surface area contributed by atoms with Crippen LogP contribution in [0, 0.1) is 18.8 Å². The highest BCUT2D eigenvalue weighted by Crippen LogP contribution is 2.42. The Hall–Kier alpha value is -1.78. The molecule has 3 rings (SSSR count). The molecule has 1 amide bonds. The Morgan fingerprint density at radius 3 is 2.79 bits per heavy atom. The number of aromatic amines is 1. The SMILES string of the molecule is Cc1c[nH]cc1C(=O)N1CC2CCCC2C1C(=O)O. The minimum Gasteiger partial charge on any atom is -0.480 e. The number of rotatable bonds is 2. The van der Waals surface area contributed by atoms with Crippen molar-refractivity contribution in [2.45, 2.75) is 32.2 Å². The van der Waals surface area contributed by atoms with E-state index in [1.807, 2.05) is 6.92 Å². The molecular weight excluding hydrogens is 244 g/mol. The highest BCUT2D eigenvalue weighted by molar-refractivity contribution is 5.98. The minimum absolute atomic E-state index is 0.140. The van der Waals surface area contributed by atoms with Gasteiger partial charge in [-0.25, -0.2) is 4.79 Å². The zero-order valence-corrected chi connectivity index (χ0v) is 10.9. The highest BCUT2D eigenvalue weighted by atomic mass is 16.4. The molecular formula is C14H18N2O3. The van der Waals surface area contributed by atoms with Crippen LogP contribution < -0.4 is 0 Å². The van der Waals surface area contributed by atoms with Crippen molar-refractivity contribution in [2.75, 3.05) is 6.54 Å². The lowest BCUT2D eigenvalue weighted by atomic mass is 9.94. The van der Waals surface area contributed by atoms with Crippen molar-refractivity contribution >= 4 is 11.9 Å². The second-order valence-corrected chi connectivity index (χ2v) is 5.65. The van der Waals surface area contributed by atoms with Crippen molar-refractivity contribution in [3.05, 3.63) is 23.5 Å². The van der Waals surface area contributed by atoms with E-state index in [0.29, 0.717) is 18.0 Å². The number of carbonyl (C=O) groups excluding carboxylic acids is 1. The first kappa shape index (κ1) is 12.3. The van der Waals surface area contributed by atoms with E-state index >= 15 is 0 Å². The fraction of sp³-hybridized carbons (Fsp3) is 0.571. The first-order chi connectivity index (χ1) is 9.09. The monoisotopic (exact) mass is 262 g/mol. The van der Waals surface area contributed by atoms with Gasteiger partial charge >= 0.3 is 5.97 Å². The second-order valence-electron chi connectivity index (χ2n) is 5.65. The molecule has 19 heavy (non-hydrogen) atoms.